The highest BCUT2D eigenvalue weighted by atomic mass is 16.5. The molecule has 0 radical (unpaired) electrons. The molecule has 2 heteroatoms. The van der Waals surface area contributed by atoms with E-state index in [4.69, 9.17) is 9.47 Å². The zero-order valence-corrected chi connectivity index (χ0v) is 8.43. The highest BCUT2D eigenvalue weighted by molar-refractivity contribution is 4.71. The van der Waals surface area contributed by atoms with Crippen molar-refractivity contribution in [1.82, 2.24) is 0 Å². The summed E-state index contributed by atoms with van der Waals surface area (Å²) in [5, 5.41) is 0. The van der Waals surface area contributed by atoms with E-state index in [1.807, 2.05) is 0 Å². The van der Waals surface area contributed by atoms with Crippen molar-refractivity contribution in [3.05, 3.63) is 0 Å². The van der Waals surface area contributed by atoms with Gasteiger partial charge in [-0.3, -0.25) is 0 Å². The van der Waals surface area contributed by atoms with Gasteiger partial charge in [0.15, 0.2) is 0 Å². The largest absolute Gasteiger partial charge is 0.381 e. The van der Waals surface area contributed by atoms with Crippen LogP contribution in [0.2, 0.25) is 0 Å². The molecule has 2 nitrogen and oxygen atoms in total. The third-order valence-electron chi connectivity index (χ3n) is 2.51. The average Bonchev–Trinajstić information content (AvgIpc) is 2.06. The average molecular weight is 172 g/mol. The minimum Gasteiger partial charge on any atom is -0.381 e. The fraction of sp³-hybridized carbons (Fsp3) is 1.00. The summed E-state index contributed by atoms with van der Waals surface area (Å²) in [7, 11) is 0. The SMILES string of the molecule is CCC(C)(C)OC1CCOCC1. The molecule has 1 fully saturated rings. The van der Waals surface area contributed by atoms with Crippen LogP contribution in [0.5, 0.6) is 0 Å². The molecular formula is C10H20O2. The van der Waals surface area contributed by atoms with E-state index in [0.29, 0.717) is 6.10 Å². The van der Waals surface area contributed by atoms with E-state index in [2.05, 4.69) is 20.8 Å². The Morgan fingerprint density at radius 3 is 2.42 bits per heavy atom. The van der Waals surface area contributed by atoms with Crippen LogP contribution >= 0.6 is 0 Å². The lowest BCUT2D eigenvalue weighted by Gasteiger charge is -2.32. The summed E-state index contributed by atoms with van der Waals surface area (Å²) < 4.78 is 11.2. The molecule has 0 aromatic rings. The number of ether oxygens (including phenoxy) is 2. The van der Waals surface area contributed by atoms with Crippen molar-refractivity contribution >= 4 is 0 Å². The van der Waals surface area contributed by atoms with Crippen molar-refractivity contribution in [3.63, 3.8) is 0 Å². The Morgan fingerprint density at radius 1 is 1.33 bits per heavy atom. The maximum Gasteiger partial charge on any atom is 0.0627 e. The summed E-state index contributed by atoms with van der Waals surface area (Å²) in [5.41, 5.74) is 0.0437. The first-order valence-corrected chi connectivity index (χ1v) is 4.89. The summed E-state index contributed by atoms with van der Waals surface area (Å²) in [5.74, 6) is 0. The molecule has 0 N–H and O–H groups in total. The highest BCUT2D eigenvalue weighted by Crippen LogP contribution is 2.21. The second-order valence-electron chi connectivity index (χ2n) is 4.04. The van der Waals surface area contributed by atoms with Gasteiger partial charge in [0.1, 0.15) is 0 Å². The molecule has 72 valence electrons. The summed E-state index contributed by atoms with van der Waals surface area (Å²) in [6.45, 7) is 8.21. The van der Waals surface area contributed by atoms with E-state index in [1.54, 1.807) is 0 Å². The Morgan fingerprint density at radius 2 is 1.92 bits per heavy atom. The van der Waals surface area contributed by atoms with Gasteiger partial charge < -0.3 is 9.47 Å². The fourth-order valence-electron chi connectivity index (χ4n) is 1.33. The monoisotopic (exact) mass is 172 g/mol. The lowest BCUT2D eigenvalue weighted by molar-refractivity contribution is -0.110. The van der Waals surface area contributed by atoms with Crippen LogP contribution in [0.3, 0.4) is 0 Å². The molecule has 0 saturated carbocycles. The minimum absolute atomic E-state index is 0.0437. The van der Waals surface area contributed by atoms with Gasteiger partial charge in [-0.25, -0.2) is 0 Å². The molecule has 0 aliphatic carbocycles. The summed E-state index contributed by atoms with van der Waals surface area (Å²) >= 11 is 0. The Labute approximate surface area is 75.2 Å². The van der Waals surface area contributed by atoms with Crippen LogP contribution in [0.4, 0.5) is 0 Å². The van der Waals surface area contributed by atoms with Crippen LogP contribution in [0.1, 0.15) is 40.0 Å². The maximum atomic E-state index is 5.95. The van der Waals surface area contributed by atoms with Crippen molar-refractivity contribution < 1.29 is 9.47 Å². The van der Waals surface area contributed by atoms with E-state index in [1.165, 1.54) is 0 Å². The molecule has 0 unspecified atom stereocenters. The molecule has 12 heavy (non-hydrogen) atoms. The molecule has 0 aromatic heterocycles. The lowest BCUT2D eigenvalue weighted by atomic mass is 10.0. The lowest BCUT2D eigenvalue weighted by Crippen LogP contribution is -2.33. The second-order valence-corrected chi connectivity index (χ2v) is 4.04. The van der Waals surface area contributed by atoms with Crippen LogP contribution in [-0.4, -0.2) is 24.9 Å². The van der Waals surface area contributed by atoms with Crippen LogP contribution in [0.25, 0.3) is 0 Å². The molecule has 1 rings (SSSR count). The van der Waals surface area contributed by atoms with Crippen molar-refractivity contribution in [1.29, 1.82) is 0 Å². The molecule has 1 aliphatic heterocycles. The van der Waals surface area contributed by atoms with Crippen LogP contribution in [0, 0.1) is 0 Å². The van der Waals surface area contributed by atoms with E-state index < -0.39 is 0 Å². The van der Waals surface area contributed by atoms with E-state index in [0.717, 1.165) is 32.5 Å². The number of hydrogen-bond acceptors (Lipinski definition) is 2. The normalized spacial score (nSPS) is 21.2. The van der Waals surface area contributed by atoms with Gasteiger partial charge in [0.05, 0.1) is 11.7 Å². The van der Waals surface area contributed by atoms with Crippen molar-refractivity contribution in [2.45, 2.75) is 51.7 Å². The Kier molecular flexibility index (Phi) is 3.53. The predicted molar refractivity (Wildman–Crippen MR) is 49.3 cm³/mol. The molecule has 1 aliphatic rings. The summed E-state index contributed by atoms with van der Waals surface area (Å²) in [6.07, 6.45) is 3.62. The fourth-order valence-corrected chi connectivity index (χ4v) is 1.33. The minimum atomic E-state index is 0.0437. The van der Waals surface area contributed by atoms with Gasteiger partial charge in [0.2, 0.25) is 0 Å². The van der Waals surface area contributed by atoms with Crippen molar-refractivity contribution in [2.75, 3.05) is 13.2 Å². The number of hydrogen-bond donors (Lipinski definition) is 0. The first-order valence-electron chi connectivity index (χ1n) is 4.89. The van der Waals surface area contributed by atoms with Gasteiger partial charge in [-0.2, -0.15) is 0 Å². The molecule has 0 amide bonds. The molecule has 0 aromatic carbocycles. The summed E-state index contributed by atoms with van der Waals surface area (Å²) in [6, 6.07) is 0. The molecule has 0 spiro atoms. The zero-order valence-electron chi connectivity index (χ0n) is 8.43. The smallest absolute Gasteiger partial charge is 0.0627 e. The predicted octanol–water partition coefficient (Wildman–Crippen LogP) is 2.37. The van der Waals surface area contributed by atoms with Gasteiger partial charge >= 0.3 is 0 Å². The highest BCUT2D eigenvalue weighted by Gasteiger charge is 2.23. The molecule has 1 heterocycles. The van der Waals surface area contributed by atoms with E-state index in [-0.39, 0.29) is 5.60 Å². The van der Waals surface area contributed by atoms with E-state index >= 15 is 0 Å². The first-order chi connectivity index (χ1) is 5.64. The Balaban J connectivity index is 2.28. The van der Waals surface area contributed by atoms with Crippen LogP contribution in [-0.2, 0) is 9.47 Å². The third-order valence-corrected chi connectivity index (χ3v) is 2.51. The second kappa shape index (κ2) is 4.24. The topological polar surface area (TPSA) is 18.5 Å². The van der Waals surface area contributed by atoms with Crippen LogP contribution in [0.15, 0.2) is 0 Å². The standard InChI is InChI=1S/C10H20O2/c1-4-10(2,3)12-9-5-7-11-8-6-9/h9H,4-8H2,1-3H3. The molecular weight excluding hydrogens is 152 g/mol. The zero-order chi connectivity index (χ0) is 9.03. The summed E-state index contributed by atoms with van der Waals surface area (Å²) in [4.78, 5) is 0. The Hall–Kier alpha value is -0.0800. The molecule has 1 saturated heterocycles. The van der Waals surface area contributed by atoms with Crippen LogP contribution < -0.4 is 0 Å². The molecule has 0 bridgehead atoms. The van der Waals surface area contributed by atoms with Gasteiger partial charge in [-0.15, -0.1) is 0 Å². The molecule has 0 atom stereocenters. The number of rotatable bonds is 3. The van der Waals surface area contributed by atoms with Gasteiger partial charge in [0, 0.05) is 13.2 Å². The van der Waals surface area contributed by atoms with Crippen molar-refractivity contribution in [3.8, 4) is 0 Å². The van der Waals surface area contributed by atoms with Gasteiger partial charge in [-0.05, 0) is 33.1 Å². The third kappa shape index (κ3) is 3.11. The van der Waals surface area contributed by atoms with E-state index in [9.17, 15) is 0 Å². The van der Waals surface area contributed by atoms with Gasteiger partial charge in [0.25, 0.3) is 0 Å². The van der Waals surface area contributed by atoms with Crippen molar-refractivity contribution in [2.24, 2.45) is 0 Å². The quantitative estimate of drug-likeness (QED) is 0.650. The first kappa shape index (κ1) is 10.0. The van der Waals surface area contributed by atoms with Gasteiger partial charge in [-0.1, -0.05) is 6.92 Å². The maximum absolute atomic E-state index is 5.95. The Bertz CT molecular complexity index is 126.